The normalized spacial score (nSPS) is 17.2. The van der Waals surface area contributed by atoms with Crippen LogP contribution in [0.15, 0.2) is 18.3 Å². The number of methoxy groups -OCH3 is 1. The Hall–Kier alpha value is -1.69. The Morgan fingerprint density at radius 2 is 2.10 bits per heavy atom. The second kappa shape index (κ2) is 6.17. The number of nitrogens with zero attached hydrogens (tertiary/aromatic N) is 1. The van der Waals surface area contributed by atoms with Gasteiger partial charge < -0.3 is 15.8 Å². The van der Waals surface area contributed by atoms with E-state index in [1.54, 1.807) is 25.4 Å². The predicted octanol–water partition coefficient (Wildman–Crippen LogP) is 2.27. The third-order valence-corrected chi connectivity index (χ3v) is 4.21. The van der Waals surface area contributed by atoms with E-state index in [-0.39, 0.29) is 10.9 Å². The van der Waals surface area contributed by atoms with Gasteiger partial charge in [-0.05, 0) is 18.9 Å². The molecule has 2 rings (SSSR count). The smallest absolute Gasteiger partial charge is 0.237 e. The molecule has 1 aromatic heterocycles. The fraction of sp³-hybridized carbons (Fsp3) is 0.500. The average Bonchev–Trinajstić information content (AvgIpc) is 2.48. The molecule has 20 heavy (non-hydrogen) atoms. The fourth-order valence-corrected chi connectivity index (χ4v) is 2.86. The van der Waals surface area contributed by atoms with Gasteiger partial charge in [0.1, 0.15) is 0 Å². The molecule has 5 nitrogen and oxygen atoms in total. The van der Waals surface area contributed by atoms with Crippen molar-refractivity contribution in [3.05, 3.63) is 18.3 Å². The summed E-state index contributed by atoms with van der Waals surface area (Å²) in [6.45, 7) is 0. The number of hydrogen-bond donors (Lipinski definition) is 2. The lowest BCUT2D eigenvalue weighted by Crippen LogP contribution is -2.47. The molecule has 0 spiro atoms. The van der Waals surface area contributed by atoms with E-state index in [4.69, 9.17) is 22.7 Å². The summed E-state index contributed by atoms with van der Waals surface area (Å²) in [5, 5.41) is 2.86. The van der Waals surface area contributed by atoms with Crippen LogP contribution in [0.5, 0.6) is 5.88 Å². The highest BCUT2D eigenvalue weighted by molar-refractivity contribution is 7.80. The fourth-order valence-electron chi connectivity index (χ4n) is 2.57. The number of aromatic nitrogens is 1. The van der Waals surface area contributed by atoms with Gasteiger partial charge in [-0.2, -0.15) is 0 Å². The number of nitrogens with two attached hydrogens (primary N) is 1. The van der Waals surface area contributed by atoms with Crippen molar-refractivity contribution in [1.82, 2.24) is 4.98 Å². The molecule has 1 saturated carbocycles. The van der Waals surface area contributed by atoms with Crippen molar-refractivity contribution in [1.29, 1.82) is 0 Å². The first-order chi connectivity index (χ1) is 9.58. The standard InChI is InChI=1S/C14H19N3O2S/c1-19-11-6-5-10(9-16-11)17-13(18)14(12(15)20)7-3-2-4-8-14/h5-6,9H,2-4,7-8H2,1H3,(H2,15,20)(H,17,18). The minimum absolute atomic E-state index is 0.128. The largest absolute Gasteiger partial charge is 0.481 e. The van der Waals surface area contributed by atoms with Crippen LogP contribution >= 0.6 is 12.2 Å². The number of anilines is 1. The van der Waals surface area contributed by atoms with Gasteiger partial charge in [0.15, 0.2) is 0 Å². The van der Waals surface area contributed by atoms with Crippen LogP contribution in [-0.4, -0.2) is 23.0 Å². The molecule has 0 saturated heterocycles. The van der Waals surface area contributed by atoms with Gasteiger partial charge in [-0.3, -0.25) is 4.79 Å². The van der Waals surface area contributed by atoms with Gasteiger partial charge in [0.05, 0.1) is 29.4 Å². The summed E-state index contributed by atoms with van der Waals surface area (Å²) < 4.78 is 4.98. The predicted molar refractivity (Wildman–Crippen MR) is 81.7 cm³/mol. The Morgan fingerprint density at radius 3 is 2.60 bits per heavy atom. The molecule has 0 aliphatic heterocycles. The van der Waals surface area contributed by atoms with Gasteiger partial charge in [0.25, 0.3) is 0 Å². The minimum Gasteiger partial charge on any atom is -0.481 e. The van der Waals surface area contributed by atoms with Gasteiger partial charge in [0, 0.05) is 6.07 Å². The molecule has 108 valence electrons. The molecular weight excluding hydrogens is 274 g/mol. The zero-order valence-corrected chi connectivity index (χ0v) is 12.3. The highest BCUT2D eigenvalue weighted by Gasteiger charge is 2.42. The minimum atomic E-state index is -0.715. The summed E-state index contributed by atoms with van der Waals surface area (Å²) in [5.41, 5.74) is 5.74. The number of hydrogen-bond acceptors (Lipinski definition) is 4. The monoisotopic (exact) mass is 293 g/mol. The molecule has 1 aromatic rings. The van der Waals surface area contributed by atoms with Crippen molar-refractivity contribution in [3.8, 4) is 5.88 Å². The Bertz CT molecular complexity index is 496. The van der Waals surface area contributed by atoms with Gasteiger partial charge in [-0.1, -0.05) is 31.5 Å². The SMILES string of the molecule is COc1ccc(NC(=O)C2(C(N)=S)CCCCC2)cn1. The van der Waals surface area contributed by atoms with Crippen molar-refractivity contribution in [2.45, 2.75) is 32.1 Å². The van der Waals surface area contributed by atoms with Crippen LogP contribution in [0.25, 0.3) is 0 Å². The highest BCUT2D eigenvalue weighted by atomic mass is 32.1. The Kier molecular flexibility index (Phi) is 4.54. The quantitative estimate of drug-likeness (QED) is 0.833. The van der Waals surface area contributed by atoms with Gasteiger partial charge in [0.2, 0.25) is 11.8 Å². The number of pyridine rings is 1. The molecule has 1 heterocycles. The van der Waals surface area contributed by atoms with Crippen molar-refractivity contribution in [3.63, 3.8) is 0 Å². The molecule has 0 aromatic carbocycles. The number of ether oxygens (including phenoxy) is 1. The number of nitrogens with one attached hydrogen (secondary N) is 1. The Balaban J connectivity index is 2.13. The van der Waals surface area contributed by atoms with Crippen LogP contribution in [0.3, 0.4) is 0 Å². The summed E-state index contributed by atoms with van der Waals surface area (Å²) in [6.07, 6.45) is 6.08. The topological polar surface area (TPSA) is 77.2 Å². The van der Waals surface area contributed by atoms with E-state index < -0.39 is 5.41 Å². The van der Waals surface area contributed by atoms with Crippen molar-refractivity contribution >= 4 is 28.8 Å². The average molecular weight is 293 g/mol. The molecule has 0 unspecified atom stereocenters. The molecule has 1 fully saturated rings. The lowest BCUT2D eigenvalue weighted by molar-refractivity contribution is -0.123. The van der Waals surface area contributed by atoms with Crippen molar-refractivity contribution in [2.24, 2.45) is 11.1 Å². The maximum absolute atomic E-state index is 12.5. The zero-order valence-electron chi connectivity index (χ0n) is 11.5. The lowest BCUT2D eigenvalue weighted by atomic mass is 9.73. The van der Waals surface area contributed by atoms with Crippen molar-refractivity contribution in [2.75, 3.05) is 12.4 Å². The number of rotatable bonds is 4. The summed E-state index contributed by atoms with van der Waals surface area (Å²) in [6, 6.07) is 3.45. The molecule has 6 heteroatoms. The first kappa shape index (κ1) is 14.7. The van der Waals surface area contributed by atoms with Crippen LogP contribution in [0, 0.1) is 5.41 Å². The van der Waals surface area contributed by atoms with E-state index in [1.807, 2.05) is 0 Å². The van der Waals surface area contributed by atoms with Crippen LogP contribution in [0.2, 0.25) is 0 Å². The number of carbonyl (C=O) groups is 1. The number of amides is 1. The molecule has 1 aliphatic carbocycles. The summed E-state index contributed by atoms with van der Waals surface area (Å²) in [4.78, 5) is 16.9. The number of thiocarbonyl (C=S) groups is 1. The molecule has 0 bridgehead atoms. The van der Waals surface area contributed by atoms with Gasteiger partial charge in [-0.15, -0.1) is 0 Å². The molecule has 0 radical (unpaired) electrons. The first-order valence-corrected chi connectivity index (χ1v) is 7.11. The van der Waals surface area contributed by atoms with Crippen LogP contribution in [0.4, 0.5) is 5.69 Å². The van der Waals surface area contributed by atoms with E-state index in [9.17, 15) is 4.79 Å². The molecule has 1 amide bonds. The van der Waals surface area contributed by atoms with Crippen LogP contribution in [-0.2, 0) is 4.79 Å². The molecule has 0 atom stereocenters. The van der Waals surface area contributed by atoms with E-state index in [1.165, 1.54) is 0 Å². The van der Waals surface area contributed by atoms with Crippen LogP contribution < -0.4 is 15.8 Å². The molecule has 3 N–H and O–H groups in total. The van der Waals surface area contributed by atoms with Crippen LogP contribution in [0.1, 0.15) is 32.1 Å². The lowest BCUT2D eigenvalue weighted by Gasteiger charge is -2.34. The molecule has 1 aliphatic rings. The van der Waals surface area contributed by atoms with E-state index in [0.717, 1.165) is 32.1 Å². The van der Waals surface area contributed by atoms with Gasteiger partial charge >= 0.3 is 0 Å². The first-order valence-electron chi connectivity index (χ1n) is 6.70. The number of carbonyl (C=O) groups excluding carboxylic acids is 1. The second-order valence-corrected chi connectivity index (χ2v) is 5.49. The Morgan fingerprint density at radius 1 is 1.40 bits per heavy atom. The van der Waals surface area contributed by atoms with E-state index in [2.05, 4.69) is 10.3 Å². The van der Waals surface area contributed by atoms with E-state index in [0.29, 0.717) is 11.6 Å². The third kappa shape index (κ3) is 2.90. The maximum Gasteiger partial charge on any atom is 0.237 e. The van der Waals surface area contributed by atoms with Crippen molar-refractivity contribution < 1.29 is 9.53 Å². The summed E-state index contributed by atoms with van der Waals surface area (Å²) in [5.74, 6) is 0.376. The third-order valence-electron chi connectivity index (χ3n) is 3.82. The highest BCUT2D eigenvalue weighted by Crippen LogP contribution is 2.37. The zero-order chi connectivity index (χ0) is 14.6. The summed E-state index contributed by atoms with van der Waals surface area (Å²) >= 11 is 5.14. The molecular formula is C14H19N3O2S. The maximum atomic E-state index is 12.5. The van der Waals surface area contributed by atoms with Gasteiger partial charge in [-0.25, -0.2) is 4.98 Å². The van der Waals surface area contributed by atoms with E-state index >= 15 is 0 Å². The summed E-state index contributed by atoms with van der Waals surface area (Å²) in [7, 11) is 1.55. The Labute approximate surface area is 123 Å². The second-order valence-electron chi connectivity index (χ2n) is 5.05.